The fraction of sp³-hybridized carbons (Fsp3) is 0.625. The van der Waals surface area contributed by atoms with Crippen LogP contribution in [0.4, 0.5) is 4.39 Å². The minimum atomic E-state index is -3.86. The zero-order chi connectivity index (χ0) is 16.6. The van der Waals surface area contributed by atoms with Crippen LogP contribution < -0.4 is 0 Å². The predicted molar refractivity (Wildman–Crippen MR) is 85.3 cm³/mol. The summed E-state index contributed by atoms with van der Waals surface area (Å²) in [6, 6.07) is 4.16. The number of piperidine rings is 1. The van der Waals surface area contributed by atoms with E-state index in [1.807, 2.05) is 0 Å². The van der Waals surface area contributed by atoms with Crippen molar-refractivity contribution in [3.8, 4) is 0 Å². The first kappa shape index (κ1) is 16.8. The Morgan fingerprint density at radius 1 is 1.35 bits per heavy atom. The van der Waals surface area contributed by atoms with E-state index in [0.29, 0.717) is 18.6 Å². The molecule has 23 heavy (non-hydrogen) atoms. The second-order valence-corrected chi connectivity index (χ2v) is 7.99. The maximum absolute atomic E-state index is 14.2. The van der Waals surface area contributed by atoms with Crippen molar-refractivity contribution >= 4 is 10.0 Å². The van der Waals surface area contributed by atoms with Crippen LogP contribution in [0.3, 0.4) is 0 Å². The Bertz CT molecular complexity index is 660. The van der Waals surface area contributed by atoms with Gasteiger partial charge >= 0.3 is 0 Å². The van der Waals surface area contributed by atoms with E-state index in [1.54, 1.807) is 13.0 Å². The summed E-state index contributed by atoms with van der Waals surface area (Å²) < 4.78 is 47.6. The number of likely N-dealkylation sites (tertiary alicyclic amines) is 1. The van der Waals surface area contributed by atoms with Crippen molar-refractivity contribution in [1.29, 1.82) is 0 Å². The van der Waals surface area contributed by atoms with Gasteiger partial charge in [0.1, 0.15) is 10.7 Å². The standard InChI is InChI=1S/C16H23FN2O3S/c1-3-18-8-7-14-15(11-18)22-10-9-19(14)23(20,21)16-12(2)5-4-6-13(16)17/h4-6,14-15H,3,7-11H2,1-2H3. The zero-order valence-corrected chi connectivity index (χ0v) is 14.4. The molecule has 0 bridgehead atoms. The lowest BCUT2D eigenvalue weighted by molar-refractivity contribution is -0.0773. The molecule has 0 saturated carbocycles. The second-order valence-electron chi connectivity index (χ2n) is 6.16. The molecule has 3 rings (SSSR count). The molecule has 0 N–H and O–H groups in total. The summed E-state index contributed by atoms with van der Waals surface area (Å²) in [5.41, 5.74) is 0.444. The Labute approximate surface area is 137 Å². The molecule has 7 heteroatoms. The van der Waals surface area contributed by atoms with Crippen molar-refractivity contribution in [1.82, 2.24) is 9.21 Å². The van der Waals surface area contributed by atoms with Crippen LogP contribution in [0, 0.1) is 12.7 Å². The molecule has 0 aliphatic carbocycles. The molecule has 2 atom stereocenters. The SMILES string of the molecule is CCN1CCC2C(C1)OCCN2S(=O)(=O)c1c(C)cccc1F. The summed E-state index contributed by atoms with van der Waals surface area (Å²) in [5, 5.41) is 0. The van der Waals surface area contributed by atoms with Crippen molar-refractivity contribution in [3.05, 3.63) is 29.6 Å². The van der Waals surface area contributed by atoms with Gasteiger partial charge in [-0.25, -0.2) is 12.8 Å². The maximum atomic E-state index is 14.2. The Hall–Kier alpha value is -1.02. The molecule has 0 radical (unpaired) electrons. The largest absolute Gasteiger partial charge is 0.374 e. The Kier molecular flexibility index (Phi) is 4.73. The molecule has 2 fully saturated rings. The zero-order valence-electron chi connectivity index (χ0n) is 13.5. The third-order valence-corrected chi connectivity index (χ3v) is 6.90. The lowest BCUT2D eigenvalue weighted by Crippen LogP contribution is -2.60. The first-order valence-corrected chi connectivity index (χ1v) is 9.50. The molecule has 1 aromatic rings. The number of fused-ring (bicyclic) bond motifs is 1. The van der Waals surface area contributed by atoms with Crippen LogP contribution in [0.25, 0.3) is 0 Å². The highest BCUT2D eigenvalue weighted by molar-refractivity contribution is 7.89. The quantitative estimate of drug-likeness (QED) is 0.838. The van der Waals surface area contributed by atoms with Crippen molar-refractivity contribution in [3.63, 3.8) is 0 Å². The van der Waals surface area contributed by atoms with Gasteiger partial charge in [-0.1, -0.05) is 19.1 Å². The molecule has 128 valence electrons. The number of halogens is 1. The molecule has 0 aromatic heterocycles. The highest BCUT2D eigenvalue weighted by Gasteiger charge is 2.43. The van der Waals surface area contributed by atoms with Crippen LogP contribution in [0.15, 0.2) is 23.1 Å². The van der Waals surface area contributed by atoms with Gasteiger partial charge in [0.05, 0.1) is 18.8 Å². The Morgan fingerprint density at radius 3 is 2.83 bits per heavy atom. The van der Waals surface area contributed by atoms with Crippen LogP contribution >= 0.6 is 0 Å². The van der Waals surface area contributed by atoms with Gasteiger partial charge in [-0.15, -0.1) is 0 Å². The summed E-state index contributed by atoms with van der Waals surface area (Å²) in [5.74, 6) is -0.681. The number of aryl methyl sites for hydroxylation is 1. The fourth-order valence-electron chi connectivity index (χ4n) is 3.57. The van der Waals surface area contributed by atoms with Gasteiger partial charge in [0.25, 0.3) is 0 Å². The van der Waals surface area contributed by atoms with E-state index in [0.717, 1.165) is 19.6 Å². The topological polar surface area (TPSA) is 49.9 Å². The van der Waals surface area contributed by atoms with E-state index in [4.69, 9.17) is 4.74 Å². The Balaban J connectivity index is 1.94. The monoisotopic (exact) mass is 342 g/mol. The number of nitrogens with zero attached hydrogens (tertiary/aromatic N) is 2. The molecule has 0 amide bonds. The molecule has 2 aliphatic heterocycles. The number of morpholine rings is 1. The van der Waals surface area contributed by atoms with E-state index in [1.165, 1.54) is 16.4 Å². The van der Waals surface area contributed by atoms with Gasteiger partial charge in [0.2, 0.25) is 10.0 Å². The molecule has 2 saturated heterocycles. The highest BCUT2D eigenvalue weighted by atomic mass is 32.2. The van der Waals surface area contributed by atoms with Gasteiger partial charge in [0, 0.05) is 13.1 Å². The third-order valence-electron chi connectivity index (χ3n) is 4.80. The van der Waals surface area contributed by atoms with Gasteiger partial charge in [-0.3, -0.25) is 0 Å². The predicted octanol–water partition coefficient (Wildman–Crippen LogP) is 1.62. The lowest BCUT2D eigenvalue weighted by Gasteiger charge is -2.45. The van der Waals surface area contributed by atoms with Crippen LogP contribution in [-0.2, 0) is 14.8 Å². The lowest BCUT2D eigenvalue weighted by atomic mass is 10.0. The number of ether oxygens (including phenoxy) is 1. The number of benzene rings is 1. The summed E-state index contributed by atoms with van der Waals surface area (Å²) in [7, 11) is -3.86. The van der Waals surface area contributed by atoms with Crippen LogP contribution in [0.5, 0.6) is 0 Å². The molecular weight excluding hydrogens is 319 g/mol. The van der Waals surface area contributed by atoms with E-state index in [-0.39, 0.29) is 23.6 Å². The first-order valence-electron chi connectivity index (χ1n) is 8.06. The minimum Gasteiger partial charge on any atom is -0.374 e. The molecule has 2 unspecified atom stereocenters. The minimum absolute atomic E-state index is 0.140. The number of sulfonamides is 1. The number of rotatable bonds is 3. The number of hydrogen-bond acceptors (Lipinski definition) is 4. The third kappa shape index (κ3) is 3.03. The van der Waals surface area contributed by atoms with Crippen LogP contribution in [0.1, 0.15) is 18.9 Å². The molecule has 2 aliphatic rings. The number of hydrogen-bond donors (Lipinski definition) is 0. The van der Waals surface area contributed by atoms with Gasteiger partial charge < -0.3 is 9.64 Å². The van der Waals surface area contributed by atoms with Gasteiger partial charge in [-0.05, 0) is 38.1 Å². The van der Waals surface area contributed by atoms with Crippen molar-refractivity contribution in [2.45, 2.75) is 37.3 Å². The van der Waals surface area contributed by atoms with E-state index in [2.05, 4.69) is 11.8 Å². The molecule has 2 heterocycles. The molecule has 5 nitrogen and oxygen atoms in total. The summed E-state index contributed by atoms with van der Waals surface area (Å²) in [4.78, 5) is 2.06. The van der Waals surface area contributed by atoms with Crippen molar-refractivity contribution in [2.24, 2.45) is 0 Å². The average Bonchev–Trinajstić information content (AvgIpc) is 2.53. The van der Waals surface area contributed by atoms with Crippen molar-refractivity contribution < 1.29 is 17.5 Å². The molecular formula is C16H23FN2O3S. The normalized spacial score (nSPS) is 26.9. The summed E-state index contributed by atoms with van der Waals surface area (Å²) in [6.45, 7) is 6.83. The maximum Gasteiger partial charge on any atom is 0.246 e. The van der Waals surface area contributed by atoms with Crippen molar-refractivity contribution in [2.75, 3.05) is 32.8 Å². The van der Waals surface area contributed by atoms with Crippen LogP contribution in [-0.4, -0.2) is 62.6 Å². The smallest absolute Gasteiger partial charge is 0.246 e. The molecule has 0 spiro atoms. The highest BCUT2D eigenvalue weighted by Crippen LogP contribution is 2.31. The van der Waals surface area contributed by atoms with E-state index < -0.39 is 15.8 Å². The average molecular weight is 342 g/mol. The van der Waals surface area contributed by atoms with Gasteiger partial charge in [0.15, 0.2) is 0 Å². The summed E-state index contributed by atoms with van der Waals surface area (Å²) >= 11 is 0. The molecule has 1 aromatic carbocycles. The second kappa shape index (κ2) is 6.47. The summed E-state index contributed by atoms with van der Waals surface area (Å²) in [6.07, 6.45) is 0.574. The van der Waals surface area contributed by atoms with Gasteiger partial charge in [-0.2, -0.15) is 4.31 Å². The fourth-order valence-corrected chi connectivity index (χ4v) is 5.50. The first-order chi connectivity index (χ1) is 10.9. The van der Waals surface area contributed by atoms with Crippen LogP contribution in [0.2, 0.25) is 0 Å². The Morgan fingerprint density at radius 2 is 2.13 bits per heavy atom. The van der Waals surface area contributed by atoms with E-state index in [9.17, 15) is 12.8 Å². The van der Waals surface area contributed by atoms with E-state index >= 15 is 0 Å². The number of likely N-dealkylation sites (N-methyl/N-ethyl adjacent to an activating group) is 1.